The Balaban J connectivity index is 2.86. The lowest BCUT2D eigenvalue weighted by Crippen LogP contribution is -2.50. The Hall–Kier alpha value is -1.55. The maximum absolute atomic E-state index is 12.4. The van der Waals surface area contributed by atoms with Crippen LogP contribution in [0.2, 0.25) is 0 Å². The summed E-state index contributed by atoms with van der Waals surface area (Å²) in [5.74, 6) is -0.0400. The van der Waals surface area contributed by atoms with Crippen LogP contribution >= 0.6 is 0 Å². The van der Waals surface area contributed by atoms with Gasteiger partial charge in [-0.15, -0.1) is 0 Å². The van der Waals surface area contributed by atoms with Gasteiger partial charge in [0.2, 0.25) is 0 Å². The summed E-state index contributed by atoms with van der Waals surface area (Å²) in [6.07, 6.45) is 0.520. The topological polar surface area (TPSA) is 58.6 Å². The number of aromatic hydroxyl groups is 1. The Bertz CT molecular complexity index is 466. The van der Waals surface area contributed by atoms with E-state index in [1.807, 2.05) is 53.7 Å². The number of nitrogens with one attached hydrogen (secondary N) is 1. The average Bonchev–Trinajstić information content (AvgIpc) is 2.27. The first-order valence-electron chi connectivity index (χ1n) is 7.25. The Morgan fingerprint density at radius 1 is 1.14 bits per heavy atom. The highest BCUT2D eigenvalue weighted by Gasteiger charge is 2.28. The third-order valence-electron chi connectivity index (χ3n) is 2.67. The standard InChI is InChI=1S/C17H27NO3/c1-16(2,3)18-14(15(20)21-17(4,5)6)11-12-7-9-13(19)10-8-12/h7-10,14,18-19H,11H2,1-6H3. The number of esters is 1. The Labute approximate surface area is 127 Å². The molecule has 2 N–H and O–H groups in total. The molecule has 1 rings (SSSR count). The van der Waals surface area contributed by atoms with Gasteiger partial charge in [0.1, 0.15) is 17.4 Å². The molecule has 0 saturated carbocycles. The summed E-state index contributed by atoms with van der Waals surface area (Å²) in [6.45, 7) is 11.6. The molecule has 0 saturated heterocycles. The SMILES string of the molecule is CC(C)(C)NC(Cc1ccc(O)cc1)C(=O)OC(C)(C)C. The molecule has 4 nitrogen and oxygen atoms in total. The molecular formula is C17H27NO3. The average molecular weight is 293 g/mol. The van der Waals surface area contributed by atoms with Crippen molar-refractivity contribution in [2.24, 2.45) is 0 Å². The Morgan fingerprint density at radius 2 is 1.67 bits per heavy atom. The molecule has 0 bridgehead atoms. The van der Waals surface area contributed by atoms with Crippen molar-refractivity contribution in [2.45, 2.75) is 65.1 Å². The zero-order chi connectivity index (χ0) is 16.3. The van der Waals surface area contributed by atoms with E-state index in [4.69, 9.17) is 4.74 Å². The maximum Gasteiger partial charge on any atom is 0.324 e. The van der Waals surface area contributed by atoms with Crippen LogP contribution in [0.3, 0.4) is 0 Å². The highest BCUT2D eigenvalue weighted by molar-refractivity contribution is 5.76. The van der Waals surface area contributed by atoms with Gasteiger partial charge in [-0.2, -0.15) is 0 Å². The summed E-state index contributed by atoms with van der Waals surface area (Å²) < 4.78 is 5.49. The van der Waals surface area contributed by atoms with Crippen LogP contribution in [0, 0.1) is 0 Å². The van der Waals surface area contributed by atoms with Crippen molar-refractivity contribution in [3.8, 4) is 5.75 Å². The van der Waals surface area contributed by atoms with E-state index >= 15 is 0 Å². The molecule has 0 heterocycles. The predicted molar refractivity (Wildman–Crippen MR) is 84.3 cm³/mol. The quantitative estimate of drug-likeness (QED) is 0.838. The van der Waals surface area contributed by atoms with Crippen LogP contribution in [-0.2, 0) is 16.0 Å². The highest BCUT2D eigenvalue weighted by Crippen LogP contribution is 2.16. The number of carbonyl (C=O) groups excluding carboxylic acids is 1. The van der Waals surface area contributed by atoms with Crippen LogP contribution in [-0.4, -0.2) is 28.3 Å². The van der Waals surface area contributed by atoms with Gasteiger partial charge in [0, 0.05) is 5.54 Å². The largest absolute Gasteiger partial charge is 0.508 e. The minimum absolute atomic E-state index is 0.196. The van der Waals surface area contributed by atoms with Crippen molar-refractivity contribution in [1.29, 1.82) is 0 Å². The summed E-state index contributed by atoms with van der Waals surface area (Å²) in [4.78, 5) is 12.4. The van der Waals surface area contributed by atoms with E-state index in [-0.39, 0.29) is 17.3 Å². The van der Waals surface area contributed by atoms with E-state index in [9.17, 15) is 9.90 Å². The first-order chi connectivity index (χ1) is 9.46. The van der Waals surface area contributed by atoms with Crippen LogP contribution in [0.1, 0.15) is 47.1 Å². The van der Waals surface area contributed by atoms with Gasteiger partial charge in [0.25, 0.3) is 0 Å². The lowest BCUT2D eigenvalue weighted by Gasteiger charge is -2.30. The van der Waals surface area contributed by atoms with Crippen molar-refractivity contribution in [1.82, 2.24) is 5.32 Å². The second-order valence-electron chi connectivity index (χ2n) is 7.35. The van der Waals surface area contributed by atoms with E-state index in [1.165, 1.54) is 0 Å². The molecule has 118 valence electrons. The molecule has 0 fully saturated rings. The summed E-state index contributed by atoms with van der Waals surface area (Å²) in [5, 5.41) is 12.6. The number of carbonyl (C=O) groups is 1. The Morgan fingerprint density at radius 3 is 2.10 bits per heavy atom. The van der Waals surface area contributed by atoms with Crippen molar-refractivity contribution in [3.63, 3.8) is 0 Å². The number of rotatable bonds is 4. The zero-order valence-electron chi connectivity index (χ0n) is 13.9. The molecule has 4 heteroatoms. The summed E-state index contributed by atoms with van der Waals surface area (Å²) in [7, 11) is 0. The van der Waals surface area contributed by atoms with Crippen LogP contribution in [0.5, 0.6) is 5.75 Å². The molecule has 1 unspecified atom stereocenters. The van der Waals surface area contributed by atoms with Crippen molar-refractivity contribution < 1.29 is 14.6 Å². The number of benzene rings is 1. The molecular weight excluding hydrogens is 266 g/mol. The molecule has 0 spiro atoms. The summed E-state index contributed by atoms with van der Waals surface area (Å²) in [5.41, 5.74) is 0.267. The highest BCUT2D eigenvalue weighted by atomic mass is 16.6. The normalized spacial score (nSPS) is 13.8. The van der Waals surface area contributed by atoms with Crippen LogP contribution in [0.15, 0.2) is 24.3 Å². The second kappa shape index (κ2) is 6.48. The molecule has 0 aliphatic carbocycles. The third-order valence-corrected chi connectivity index (χ3v) is 2.67. The first-order valence-corrected chi connectivity index (χ1v) is 7.25. The minimum atomic E-state index is -0.510. The lowest BCUT2D eigenvalue weighted by molar-refractivity contribution is -0.158. The van der Waals surface area contributed by atoms with Gasteiger partial charge in [-0.3, -0.25) is 10.1 Å². The zero-order valence-corrected chi connectivity index (χ0v) is 13.9. The van der Waals surface area contributed by atoms with Gasteiger partial charge < -0.3 is 9.84 Å². The van der Waals surface area contributed by atoms with E-state index in [0.717, 1.165) is 5.56 Å². The van der Waals surface area contributed by atoms with E-state index < -0.39 is 11.6 Å². The van der Waals surface area contributed by atoms with Crippen molar-refractivity contribution >= 4 is 5.97 Å². The van der Waals surface area contributed by atoms with E-state index in [1.54, 1.807) is 12.1 Å². The van der Waals surface area contributed by atoms with Gasteiger partial charge in [0.15, 0.2) is 0 Å². The van der Waals surface area contributed by atoms with Crippen molar-refractivity contribution in [2.75, 3.05) is 0 Å². The van der Waals surface area contributed by atoms with Gasteiger partial charge in [0.05, 0.1) is 0 Å². The molecule has 0 aromatic heterocycles. The molecule has 1 aromatic carbocycles. The smallest absolute Gasteiger partial charge is 0.324 e. The number of ether oxygens (including phenoxy) is 1. The van der Waals surface area contributed by atoms with E-state index in [0.29, 0.717) is 6.42 Å². The molecule has 1 atom stereocenters. The molecule has 0 aliphatic rings. The molecule has 21 heavy (non-hydrogen) atoms. The van der Waals surface area contributed by atoms with Crippen LogP contribution in [0.25, 0.3) is 0 Å². The number of phenols is 1. The fourth-order valence-corrected chi connectivity index (χ4v) is 1.96. The fourth-order valence-electron chi connectivity index (χ4n) is 1.96. The molecule has 0 aliphatic heterocycles. The predicted octanol–water partition coefficient (Wildman–Crippen LogP) is 3.03. The summed E-state index contributed by atoms with van der Waals surface area (Å²) in [6, 6.07) is 6.46. The lowest BCUT2D eigenvalue weighted by atomic mass is 10.0. The monoisotopic (exact) mass is 293 g/mol. The van der Waals surface area contributed by atoms with Crippen molar-refractivity contribution in [3.05, 3.63) is 29.8 Å². The Kier molecular flexibility index (Phi) is 5.40. The first kappa shape index (κ1) is 17.5. The van der Waals surface area contributed by atoms with E-state index in [2.05, 4.69) is 5.32 Å². The van der Waals surface area contributed by atoms with Crippen LogP contribution in [0.4, 0.5) is 0 Å². The van der Waals surface area contributed by atoms with Gasteiger partial charge in [-0.1, -0.05) is 12.1 Å². The maximum atomic E-state index is 12.4. The summed E-state index contributed by atoms with van der Waals surface area (Å²) >= 11 is 0. The minimum Gasteiger partial charge on any atom is -0.508 e. The third kappa shape index (κ3) is 7.14. The fraction of sp³-hybridized carbons (Fsp3) is 0.588. The number of hydrogen-bond acceptors (Lipinski definition) is 4. The van der Waals surface area contributed by atoms with Gasteiger partial charge in [-0.05, 0) is 65.7 Å². The number of phenolic OH excluding ortho intramolecular Hbond substituents is 1. The van der Waals surface area contributed by atoms with Gasteiger partial charge in [-0.25, -0.2) is 0 Å². The van der Waals surface area contributed by atoms with Gasteiger partial charge >= 0.3 is 5.97 Å². The second-order valence-corrected chi connectivity index (χ2v) is 7.35. The molecule has 0 amide bonds. The molecule has 1 aromatic rings. The number of hydrogen-bond donors (Lipinski definition) is 2. The van der Waals surface area contributed by atoms with Crippen LogP contribution < -0.4 is 5.32 Å². The molecule has 0 radical (unpaired) electrons.